The summed E-state index contributed by atoms with van der Waals surface area (Å²) >= 11 is 5.84. The van der Waals surface area contributed by atoms with Gasteiger partial charge in [-0.15, -0.1) is 0 Å². The fraction of sp³-hybridized carbons (Fsp3) is 0. The Hall–Kier alpha value is -2.92. The van der Waals surface area contributed by atoms with Crippen molar-refractivity contribution < 1.29 is 9.66 Å². The molecule has 0 aliphatic carbocycles. The number of hydrogen-bond acceptors (Lipinski definition) is 7. The van der Waals surface area contributed by atoms with Gasteiger partial charge in [0.2, 0.25) is 11.6 Å². The SMILES string of the molecule is N#Cc1ccc(Oc2ncnc(N)c2Cl)c([N+](=O)[O-])c1. The van der Waals surface area contributed by atoms with E-state index in [1.54, 1.807) is 6.07 Å². The van der Waals surface area contributed by atoms with E-state index in [2.05, 4.69) is 9.97 Å². The van der Waals surface area contributed by atoms with Gasteiger partial charge >= 0.3 is 5.69 Å². The molecule has 2 rings (SSSR count). The molecule has 0 fully saturated rings. The molecule has 1 aromatic heterocycles. The maximum absolute atomic E-state index is 11.0. The number of benzene rings is 1. The molecule has 0 amide bonds. The zero-order valence-corrected chi connectivity index (χ0v) is 10.5. The molecule has 1 heterocycles. The van der Waals surface area contributed by atoms with Gasteiger partial charge in [0.25, 0.3) is 0 Å². The number of nitrogen functional groups attached to an aromatic ring is 1. The van der Waals surface area contributed by atoms with Crippen LogP contribution in [0.3, 0.4) is 0 Å². The number of nitrogens with two attached hydrogens (primary N) is 1. The quantitative estimate of drug-likeness (QED) is 0.678. The van der Waals surface area contributed by atoms with Gasteiger partial charge in [-0.2, -0.15) is 10.2 Å². The minimum absolute atomic E-state index is 0.00651. The summed E-state index contributed by atoms with van der Waals surface area (Å²) in [7, 11) is 0. The highest BCUT2D eigenvalue weighted by molar-refractivity contribution is 6.34. The van der Waals surface area contributed by atoms with E-state index in [0.29, 0.717) is 0 Å². The number of nitriles is 1. The Kier molecular flexibility index (Phi) is 3.63. The zero-order valence-electron chi connectivity index (χ0n) is 9.78. The van der Waals surface area contributed by atoms with Gasteiger partial charge in [0, 0.05) is 6.07 Å². The fourth-order valence-corrected chi connectivity index (χ4v) is 1.49. The van der Waals surface area contributed by atoms with Crippen molar-refractivity contribution in [3.05, 3.63) is 45.2 Å². The lowest BCUT2D eigenvalue weighted by molar-refractivity contribution is -0.385. The lowest BCUT2D eigenvalue weighted by Gasteiger charge is -2.07. The molecule has 0 atom stereocenters. The summed E-state index contributed by atoms with van der Waals surface area (Å²) in [6, 6.07) is 5.55. The van der Waals surface area contributed by atoms with Crippen LogP contribution in [0, 0.1) is 21.4 Å². The summed E-state index contributed by atoms with van der Waals surface area (Å²) in [6.07, 6.45) is 1.12. The number of aromatic nitrogens is 2. The highest BCUT2D eigenvalue weighted by atomic mass is 35.5. The van der Waals surface area contributed by atoms with Crippen LogP contribution >= 0.6 is 11.6 Å². The Morgan fingerprint density at radius 2 is 2.20 bits per heavy atom. The molecule has 0 aliphatic heterocycles. The molecule has 0 saturated carbocycles. The summed E-state index contributed by atoms with van der Waals surface area (Å²) < 4.78 is 5.27. The van der Waals surface area contributed by atoms with Crippen molar-refractivity contribution in [3.63, 3.8) is 0 Å². The number of nitro benzene ring substituents is 1. The maximum Gasteiger partial charge on any atom is 0.312 e. The van der Waals surface area contributed by atoms with Crippen molar-refractivity contribution in [3.8, 4) is 17.7 Å². The lowest BCUT2D eigenvalue weighted by atomic mass is 10.2. The van der Waals surface area contributed by atoms with Gasteiger partial charge in [-0.05, 0) is 12.1 Å². The molecule has 20 heavy (non-hydrogen) atoms. The van der Waals surface area contributed by atoms with Crippen molar-refractivity contribution in [1.29, 1.82) is 5.26 Å². The van der Waals surface area contributed by atoms with Crippen LogP contribution in [-0.4, -0.2) is 14.9 Å². The third-order valence-corrected chi connectivity index (χ3v) is 2.63. The normalized spacial score (nSPS) is 9.80. The molecule has 0 bridgehead atoms. The molecule has 0 spiro atoms. The Morgan fingerprint density at radius 1 is 1.45 bits per heavy atom. The van der Waals surface area contributed by atoms with Crippen LogP contribution in [0.4, 0.5) is 11.5 Å². The third kappa shape index (κ3) is 2.57. The van der Waals surface area contributed by atoms with E-state index < -0.39 is 4.92 Å². The van der Waals surface area contributed by atoms with E-state index in [0.717, 1.165) is 12.4 Å². The van der Waals surface area contributed by atoms with E-state index in [-0.39, 0.29) is 33.7 Å². The van der Waals surface area contributed by atoms with Crippen molar-refractivity contribution in [1.82, 2.24) is 9.97 Å². The molecule has 0 saturated heterocycles. The third-order valence-electron chi connectivity index (χ3n) is 2.28. The van der Waals surface area contributed by atoms with E-state index in [1.165, 1.54) is 12.1 Å². The van der Waals surface area contributed by atoms with Crippen molar-refractivity contribution in [2.75, 3.05) is 5.73 Å². The van der Waals surface area contributed by atoms with Crippen LogP contribution in [0.15, 0.2) is 24.5 Å². The van der Waals surface area contributed by atoms with Crippen molar-refractivity contribution in [2.24, 2.45) is 0 Å². The number of ether oxygens (including phenoxy) is 1. The molecule has 1 aromatic carbocycles. The van der Waals surface area contributed by atoms with Gasteiger partial charge in [0.1, 0.15) is 17.2 Å². The van der Waals surface area contributed by atoms with Crippen LogP contribution < -0.4 is 10.5 Å². The summed E-state index contributed by atoms with van der Waals surface area (Å²) in [6.45, 7) is 0. The van der Waals surface area contributed by atoms with Crippen LogP contribution in [0.5, 0.6) is 11.6 Å². The van der Waals surface area contributed by atoms with E-state index in [1.807, 2.05) is 0 Å². The lowest BCUT2D eigenvalue weighted by Crippen LogP contribution is -1.99. The molecule has 0 radical (unpaired) electrons. The highest BCUT2D eigenvalue weighted by Gasteiger charge is 2.19. The Balaban J connectivity index is 2.46. The minimum atomic E-state index is -0.672. The fourth-order valence-electron chi connectivity index (χ4n) is 1.36. The predicted octanol–water partition coefficient (Wildman–Crippen LogP) is 2.28. The van der Waals surface area contributed by atoms with Crippen molar-refractivity contribution in [2.45, 2.75) is 0 Å². The number of hydrogen-bond donors (Lipinski definition) is 1. The average Bonchev–Trinajstić information content (AvgIpc) is 2.44. The summed E-state index contributed by atoms with van der Waals surface area (Å²) in [5, 5.41) is 19.6. The van der Waals surface area contributed by atoms with Gasteiger partial charge in [0.15, 0.2) is 0 Å². The van der Waals surface area contributed by atoms with Crippen LogP contribution in [0.2, 0.25) is 5.02 Å². The Bertz CT molecular complexity index is 728. The standard InChI is InChI=1S/C11H6ClN5O3/c12-9-10(14)15-5-16-11(9)20-8-2-1-6(4-13)3-7(8)17(18)19/h1-3,5H,(H2,14,15,16). The molecule has 100 valence electrons. The first-order valence-electron chi connectivity index (χ1n) is 5.15. The first-order valence-corrected chi connectivity index (χ1v) is 5.53. The molecule has 9 heteroatoms. The molecular formula is C11H6ClN5O3. The monoisotopic (exact) mass is 291 g/mol. The minimum Gasteiger partial charge on any atom is -0.430 e. The van der Waals surface area contributed by atoms with Crippen LogP contribution in [0.25, 0.3) is 0 Å². The maximum atomic E-state index is 11.0. The summed E-state index contributed by atoms with van der Waals surface area (Å²) in [5.41, 5.74) is 5.24. The number of nitro groups is 1. The van der Waals surface area contributed by atoms with Gasteiger partial charge < -0.3 is 10.5 Å². The summed E-state index contributed by atoms with van der Waals surface area (Å²) in [4.78, 5) is 17.7. The average molecular weight is 292 g/mol. The number of anilines is 1. The second kappa shape index (κ2) is 5.38. The van der Waals surface area contributed by atoms with Crippen molar-refractivity contribution >= 4 is 23.1 Å². The highest BCUT2D eigenvalue weighted by Crippen LogP contribution is 2.35. The zero-order chi connectivity index (χ0) is 14.7. The Morgan fingerprint density at radius 3 is 2.85 bits per heavy atom. The van der Waals surface area contributed by atoms with E-state index >= 15 is 0 Å². The summed E-state index contributed by atoms with van der Waals surface area (Å²) in [5.74, 6) is -0.214. The van der Waals surface area contributed by atoms with Gasteiger partial charge in [-0.25, -0.2) is 4.98 Å². The largest absolute Gasteiger partial charge is 0.430 e. The van der Waals surface area contributed by atoms with E-state index in [4.69, 9.17) is 27.3 Å². The molecule has 2 aromatic rings. The Labute approximate surface area is 117 Å². The molecular weight excluding hydrogens is 286 g/mol. The van der Waals surface area contributed by atoms with Gasteiger partial charge in [0.05, 0.1) is 16.6 Å². The van der Waals surface area contributed by atoms with E-state index in [9.17, 15) is 10.1 Å². The van der Waals surface area contributed by atoms with Crippen LogP contribution in [-0.2, 0) is 0 Å². The topological polar surface area (TPSA) is 128 Å². The molecule has 8 nitrogen and oxygen atoms in total. The number of rotatable bonds is 3. The second-order valence-corrected chi connectivity index (χ2v) is 3.91. The van der Waals surface area contributed by atoms with Crippen LogP contribution in [0.1, 0.15) is 5.56 Å². The molecule has 0 unspecified atom stereocenters. The predicted molar refractivity (Wildman–Crippen MR) is 69.3 cm³/mol. The first kappa shape index (κ1) is 13.5. The second-order valence-electron chi connectivity index (χ2n) is 3.53. The number of nitrogens with zero attached hydrogens (tertiary/aromatic N) is 4. The van der Waals surface area contributed by atoms with Gasteiger partial charge in [-0.1, -0.05) is 11.6 Å². The smallest absolute Gasteiger partial charge is 0.312 e. The molecule has 0 aliphatic rings. The van der Waals surface area contributed by atoms with Gasteiger partial charge in [-0.3, -0.25) is 10.1 Å². The molecule has 2 N–H and O–H groups in total. The first-order chi connectivity index (χ1) is 9.52. The number of halogens is 1.